The van der Waals surface area contributed by atoms with Crippen LogP contribution in [0.3, 0.4) is 0 Å². The third kappa shape index (κ3) is 2.76. The van der Waals surface area contributed by atoms with Crippen molar-refractivity contribution >= 4 is 21.6 Å². The molecule has 0 radical (unpaired) electrons. The van der Waals surface area contributed by atoms with E-state index < -0.39 is 0 Å². The number of aromatic nitrogens is 3. The Kier molecular flexibility index (Phi) is 3.63. The molecule has 0 aliphatic carbocycles. The van der Waals surface area contributed by atoms with Crippen molar-refractivity contribution in [2.45, 2.75) is 6.54 Å². The Morgan fingerprint density at radius 2 is 2.29 bits per heavy atom. The highest BCUT2D eigenvalue weighted by Gasteiger charge is 2.04. The summed E-state index contributed by atoms with van der Waals surface area (Å²) in [4.78, 5) is 0. The van der Waals surface area contributed by atoms with Crippen LogP contribution in [0.4, 0.5) is 5.69 Å². The molecule has 1 aromatic carbocycles. The third-order valence-corrected chi connectivity index (χ3v) is 3.11. The predicted molar refractivity (Wildman–Crippen MR) is 69.0 cm³/mol. The normalized spacial score (nSPS) is 10.3. The number of hydrogen-bond donors (Lipinski definition) is 1. The van der Waals surface area contributed by atoms with Crippen LogP contribution in [0.25, 0.3) is 0 Å². The second-order valence-corrected chi connectivity index (χ2v) is 4.41. The lowest BCUT2D eigenvalue weighted by Gasteiger charge is -2.09. The van der Waals surface area contributed by atoms with Gasteiger partial charge in [-0.05, 0) is 28.1 Å². The first-order valence-corrected chi connectivity index (χ1v) is 5.90. The lowest BCUT2D eigenvalue weighted by atomic mass is 10.3. The molecule has 2 rings (SSSR count). The molecule has 17 heavy (non-hydrogen) atoms. The lowest BCUT2D eigenvalue weighted by molar-refractivity contribution is 0.415. The number of aryl methyl sites for hydroxylation is 1. The zero-order valence-electron chi connectivity index (χ0n) is 9.64. The van der Waals surface area contributed by atoms with Crippen LogP contribution < -0.4 is 10.1 Å². The number of nitrogens with zero attached hydrogens (tertiary/aromatic N) is 3. The standard InChI is InChI=1S/C11H13BrN4O/c1-16-7-14-15-11(16)6-13-10-5-8(17-2)3-4-9(10)12/h3-5,7,13H,6H2,1-2H3. The van der Waals surface area contributed by atoms with Crippen molar-refractivity contribution < 1.29 is 4.74 Å². The molecule has 5 nitrogen and oxygen atoms in total. The zero-order chi connectivity index (χ0) is 12.3. The Hall–Kier alpha value is -1.56. The SMILES string of the molecule is COc1ccc(Br)c(NCc2nncn2C)c1. The van der Waals surface area contributed by atoms with E-state index in [2.05, 4.69) is 31.4 Å². The number of halogens is 1. The first-order valence-electron chi connectivity index (χ1n) is 5.11. The Balaban J connectivity index is 2.11. The minimum Gasteiger partial charge on any atom is -0.497 e. The van der Waals surface area contributed by atoms with Crippen molar-refractivity contribution in [1.82, 2.24) is 14.8 Å². The Labute approximate surface area is 108 Å². The van der Waals surface area contributed by atoms with Crippen molar-refractivity contribution in [3.63, 3.8) is 0 Å². The Morgan fingerprint density at radius 1 is 1.47 bits per heavy atom. The molecule has 0 bridgehead atoms. The maximum absolute atomic E-state index is 5.18. The zero-order valence-corrected chi connectivity index (χ0v) is 11.2. The Bertz CT molecular complexity index is 512. The molecule has 1 N–H and O–H groups in total. The number of benzene rings is 1. The molecule has 0 fully saturated rings. The quantitative estimate of drug-likeness (QED) is 0.940. The molecule has 0 atom stereocenters. The first-order chi connectivity index (χ1) is 8.20. The molecule has 1 aromatic heterocycles. The number of rotatable bonds is 4. The molecular weight excluding hydrogens is 284 g/mol. The van der Waals surface area contributed by atoms with Crippen LogP contribution in [-0.2, 0) is 13.6 Å². The summed E-state index contributed by atoms with van der Waals surface area (Å²) < 4.78 is 8.04. The highest BCUT2D eigenvalue weighted by atomic mass is 79.9. The number of ether oxygens (including phenoxy) is 1. The fraction of sp³-hybridized carbons (Fsp3) is 0.273. The second-order valence-electron chi connectivity index (χ2n) is 3.56. The van der Waals surface area contributed by atoms with E-state index in [0.717, 1.165) is 21.7 Å². The summed E-state index contributed by atoms with van der Waals surface area (Å²) >= 11 is 3.48. The van der Waals surface area contributed by atoms with E-state index >= 15 is 0 Å². The van der Waals surface area contributed by atoms with Crippen LogP contribution in [0.15, 0.2) is 29.0 Å². The van der Waals surface area contributed by atoms with Gasteiger partial charge < -0.3 is 14.6 Å². The molecular formula is C11H13BrN4O. The fourth-order valence-electron chi connectivity index (χ4n) is 1.41. The molecule has 1 heterocycles. The molecule has 0 saturated heterocycles. The van der Waals surface area contributed by atoms with Crippen LogP contribution in [0, 0.1) is 0 Å². The smallest absolute Gasteiger partial charge is 0.151 e. The van der Waals surface area contributed by atoms with Crippen molar-refractivity contribution in [2.75, 3.05) is 12.4 Å². The van der Waals surface area contributed by atoms with Gasteiger partial charge in [-0.25, -0.2) is 0 Å². The minimum absolute atomic E-state index is 0.613. The second kappa shape index (κ2) is 5.18. The van der Waals surface area contributed by atoms with E-state index in [1.165, 1.54) is 0 Å². The number of anilines is 1. The van der Waals surface area contributed by atoms with Gasteiger partial charge in [0.15, 0.2) is 5.82 Å². The van der Waals surface area contributed by atoms with Gasteiger partial charge in [0.2, 0.25) is 0 Å². The molecule has 6 heteroatoms. The summed E-state index contributed by atoms with van der Waals surface area (Å²) in [5, 5.41) is 11.1. The van der Waals surface area contributed by atoms with Gasteiger partial charge in [-0.2, -0.15) is 0 Å². The van der Waals surface area contributed by atoms with Crippen molar-refractivity contribution in [3.8, 4) is 5.75 Å². The van der Waals surface area contributed by atoms with Gasteiger partial charge in [-0.1, -0.05) is 0 Å². The summed E-state index contributed by atoms with van der Waals surface area (Å²) in [6.45, 7) is 0.613. The molecule has 90 valence electrons. The van der Waals surface area contributed by atoms with Gasteiger partial charge in [-0.15, -0.1) is 10.2 Å². The van der Waals surface area contributed by atoms with Gasteiger partial charge in [-0.3, -0.25) is 0 Å². The molecule has 2 aromatic rings. The molecule has 0 aliphatic heterocycles. The average Bonchev–Trinajstić information content (AvgIpc) is 2.74. The van der Waals surface area contributed by atoms with Crippen molar-refractivity contribution in [3.05, 3.63) is 34.8 Å². The lowest BCUT2D eigenvalue weighted by Crippen LogP contribution is -2.06. The van der Waals surface area contributed by atoms with E-state index in [1.54, 1.807) is 13.4 Å². The number of hydrogen-bond acceptors (Lipinski definition) is 4. The van der Waals surface area contributed by atoms with E-state index in [-0.39, 0.29) is 0 Å². The van der Waals surface area contributed by atoms with Crippen LogP contribution in [0.1, 0.15) is 5.82 Å². The minimum atomic E-state index is 0.613. The highest BCUT2D eigenvalue weighted by molar-refractivity contribution is 9.10. The predicted octanol–water partition coefficient (Wildman–Crippen LogP) is 2.20. The molecule has 0 unspecified atom stereocenters. The summed E-state index contributed by atoms with van der Waals surface area (Å²) in [6, 6.07) is 5.77. The third-order valence-electron chi connectivity index (χ3n) is 2.42. The number of methoxy groups -OCH3 is 1. The first kappa shape index (κ1) is 11.9. The summed E-state index contributed by atoms with van der Waals surface area (Å²) in [7, 11) is 3.56. The van der Waals surface area contributed by atoms with Crippen molar-refractivity contribution in [2.24, 2.45) is 7.05 Å². The summed E-state index contributed by atoms with van der Waals surface area (Å²) in [5.41, 5.74) is 0.965. The maximum Gasteiger partial charge on any atom is 0.151 e. The summed E-state index contributed by atoms with van der Waals surface area (Å²) in [6.07, 6.45) is 1.68. The van der Waals surface area contributed by atoms with Crippen LogP contribution in [0.2, 0.25) is 0 Å². The van der Waals surface area contributed by atoms with Crippen LogP contribution >= 0.6 is 15.9 Å². The van der Waals surface area contributed by atoms with E-state index in [1.807, 2.05) is 29.8 Å². The fourth-order valence-corrected chi connectivity index (χ4v) is 1.80. The van der Waals surface area contributed by atoms with E-state index in [4.69, 9.17) is 4.74 Å². The topological polar surface area (TPSA) is 52.0 Å². The van der Waals surface area contributed by atoms with Crippen LogP contribution in [0.5, 0.6) is 5.75 Å². The largest absolute Gasteiger partial charge is 0.497 e. The Morgan fingerprint density at radius 3 is 2.94 bits per heavy atom. The van der Waals surface area contributed by atoms with Crippen LogP contribution in [-0.4, -0.2) is 21.9 Å². The molecule has 0 spiro atoms. The maximum atomic E-state index is 5.18. The van der Waals surface area contributed by atoms with Gasteiger partial charge >= 0.3 is 0 Å². The summed E-state index contributed by atoms with van der Waals surface area (Å²) in [5.74, 6) is 1.69. The van der Waals surface area contributed by atoms with Gasteiger partial charge in [0.1, 0.15) is 12.1 Å². The highest BCUT2D eigenvalue weighted by Crippen LogP contribution is 2.27. The van der Waals surface area contributed by atoms with E-state index in [0.29, 0.717) is 6.54 Å². The number of nitrogens with one attached hydrogen (secondary N) is 1. The van der Waals surface area contributed by atoms with E-state index in [9.17, 15) is 0 Å². The van der Waals surface area contributed by atoms with Gasteiger partial charge in [0, 0.05) is 17.6 Å². The van der Waals surface area contributed by atoms with Crippen molar-refractivity contribution in [1.29, 1.82) is 0 Å². The molecule has 0 amide bonds. The molecule has 0 saturated carbocycles. The van der Waals surface area contributed by atoms with Gasteiger partial charge in [0.05, 0.1) is 19.3 Å². The molecule has 0 aliphatic rings. The monoisotopic (exact) mass is 296 g/mol. The average molecular weight is 297 g/mol. The van der Waals surface area contributed by atoms with Gasteiger partial charge in [0.25, 0.3) is 0 Å².